The van der Waals surface area contributed by atoms with Crippen LogP contribution in [0.2, 0.25) is 0 Å². The van der Waals surface area contributed by atoms with Gasteiger partial charge in [0.25, 0.3) is 0 Å². The van der Waals surface area contributed by atoms with E-state index in [0.29, 0.717) is 10.6 Å². The molecule has 0 N–H and O–H groups in total. The molecule has 4 nitrogen and oxygen atoms in total. The van der Waals surface area contributed by atoms with E-state index in [-0.39, 0.29) is 17.2 Å². The van der Waals surface area contributed by atoms with Gasteiger partial charge in [0.1, 0.15) is 6.10 Å². The first-order chi connectivity index (χ1) is 8.49. The number of ether oxygens (including phenoxy) is 1. The lowest BCUT2D eigenvalue weighted by Gasteiger charge is -2.50. The molecular formula is C13H16BrNO3. The van der Waals surface area contributed by atoms with E-state index in [2.05, 4.69) is 29.8 Å². The summed E-state index contributed by atoms with van der Waals surface area (Å²) in [5.41, 5.74) is 0.0814. The average Bonchev–Trinajstić information content (AvgIpc) is 2.37. The Hall–Kier alpha value is -1.10. The quantitative estimate of drug-likeness (QED) is 0.481. The largest absolute Gasteiger partial charge is 0.483 e. The zero-order chi connectivity index (χ0) is 13.3. The van der Waals surface area contributed by atoms with Crippen LogP contribution in [0.4, 0.5) is 5.69 Å². The van der Waals surface area contributed by atoms with E-state index in [1.54, 1.807) is 18.2 Å². The fourth-order valence-electron chi connectivity index (χ4n) is 2.26. The molecule has 0 heterocycles. The van der Waals surface area contributed by atoms with E-state index in [0.717, 1.165) is 12.8 Å². The summed E-state index contributed by atoms with van der Waals surface area (Å²) in [4.78, 5) is 10.9. The lowest BCUT2D eigenvalue weighted by molar-refractivity contribution is -0.386. The Kier molecular flexibility index (Phi) is 3.61. The van der Waals surface area contributed by atoms with Gasteiger partial charge in [-0.1, -0.05) is 41.9 Å². The van der Waals surface area contributed by atoms with E-state index in [1.165, 1.54) is 6.07 Å². The van der Waals surface area contributed by atoms with Gasteiger partial charge in [-0.2, -0.15) is 0 Å². The van der Waals surface area contributed by atoms with Crippen molar-refractivity contribution in [3.63, 3.8) is 0 Å². The number of para-hydroxylation sites is 2. The monoisotopic (exact) mass is 313 g/mol. The molecule has 1 aliphatic rings. The maximum Gasteiger partial charge on any atom is 0.310 e. The molecule has 0 saturated heterocycles. The summed E-state index contributed by atoms with van der Waals surface area (Å²) >= 11 is 3.63. The molecule has 3 unspecified atom stereocenters. The van der Waals surface area contributed by atoms with E-state index in [1.807, 2.05) is 0 Å². The molecule has 0 bridgehead atoms. The Balaban J connectivity index is 2.18. The molecule has 1 aliphatic carbocycles. The Morgan fingerprint density at radius 2 is 2.22 bits per heavy atom. The number of nitro groups is 1. The predicted molar refractivity (Wildman–Crippen MR) is 73.2 cm³/mol. The Morgan fingerprint density at radius 3 is 2.78 bits per heavy atom. The number of hydrogen-bond acceptors (Lipinski definition) is 3. The van der Waals surface area contributed by atoms with Crippen LogP contribution in [-0.4, -0.2) is 15.9 Å². The number of nitro benzene ring substituents is 1. The van der Waals surface area contributed by atoms with Crippen molar-refractivity contribution in [1.29, 1.82) is 0 Å². The van der Waals surface area contributed by atoms with E-state index >= 15 is 0 Å². The predicted octanol–water partition coefficient (Wildman–Crippen LogP) is 3.93. The highest BCUT2D eigenvalue weighted by atomic mass is 79.9. The minimum atomic E-state index is -0.400. The van der Waals surface area contributed by atoms with Crippen LogP contribution in [0.5, 0.6) is 5.75 Å². The highest BCUT2D eigenvalue weighted by Crippen LogP contribution is 2.50. The lowest BCUT2D eigenvalue weighted by atomic mass is 9.65. The van der Waals surface area contributed by atoms with Gasteiger partial charge in [-0.05, 0) is 18.9 Å². The standard InChI is InChI=1S/C13H16BrNO3/c1-3-13(2)11(14)8-12(13)18-10-7-5-4-6-9(10)15(16)17/h4-7,11-12H,3,8H2,1-2H3. The zero-order valence-electron chi connectivity index (χ0n) is 10.4. The summed E-state index contributed by atoms with van der Waals surface area (Å²) in [5.74, 6) is 0.367. The van der Waals surface area contributed by atoms with Crippen molar-refractivity contribution in [2.75, 3.05) is 0 Å². The highest BCUT2D eigenvalue weighted by molar-refractivity contribution is 9.09. The minimum Gasteiger partial charge on any atom is -0.483 e. The molecule has 0 aliphatic heterocycles. The summed E-state index contributed by atoms with van der Waals surface area (Å²) in [6.07, 6.45) is 1.90. The summed E-state index contributed by atoms with van der Waals surface area (Å²) in [7, 11) is 0. The Bertz CT molecular complexity index is 465. The minimum absolute atomic E-state index is 0.0352. The first-order valence-electron chi connectivity index (χ1n) is 6.03. The zero-order valence-corrected chi connectivity index (χ0v) is 12.0. The molecule has 0 spiro atoms. The molecule has 0 aromatic heterocycles. The van der Waals surface area contributed by atoms with Crippen molar-refractivity contribution in [1.82, 2.24) is 0 Å². The smallest absolute Gasteiger partial charge is 0.310 e. The number of halogens is 1. The molecule has 3 atom stereocenters. The second-order valence-corrected chi connectivity index (χ2v) is 6.00. The second-order valence-electron chi connectivity index (χ2n) is 4.89. The van der Waals surface area contributed by atoms with Gasteiger partial charge in [-0.15, -0.1) is 0 Å². The second kappa shape index (κ2) is 4.88. The number of hydrogen-bond donors (Lipinski definition) is 0. The van der Waals surface area contributed by atoms with Gasteiger partial charge >= 0.3 is 5.69 Å². The van der Waals surface area contributed by atoms with Crippen molar-refractivity contribution in [2.45, 2.75) is 37.6 Å². The SMILES string of the molecule is CCC1(C)C(Br)CC1Oc1ccccc1[N+](=O)[O-]. The third-order valence-electron chi connectivity index (χ3n) is 3.97. The van der Waals surface area contributed by atoms with E-state index in [9.17, 15) is 10.1 Å². The average molecular weight is 314 g/mol. The number of nitrogens with zero attached hydrogens (tertiary/aromatic N) is 1. The third-order valence-corrected chi connectivity index (χ3v) is 5.38. The van der Waals surface area contributed by atoms with Gasteiger partial charge < -0.3 is 4.74 Å². The van der Waals surface area contributed by atoms with Crippen LogP contribution in [0.3, 0.4) is 0 Å². The van der Waals surface area contributed by atoms with Crippen LogP contribution in [0.15, 0.2) is 24.3 Å². The summed E-state index contributed by atoms with van der Waals surface area (Å²) in [6, 6.07) is 6.55. The van der Waals surface area contributed by atoms with Crippen LogP contribution in [0.25, 0.3) is 0 Å². The van der Waals surface area contributed by atoms with Crippen LogP contribution in [0.1, 0.15) is 26.7 Å². The van der Waals surface area contributed by atoms with Gasteiger partial charge in [0.15, 0.2) is 5.75 Å². The van der Waals surface area contributed by atoms with Crippen molar-refractivity contribution in [3.8, 4) is 5.75 Å². The first-order valence-corrected chi connectivity index (χ1v) is 6.94. The molecule has 98 valence electrons. The highest BCUT2D eigenvalue weighted by Gasteiger charge is 2.51. The molecule has 1 aromatic carbocycles. The molecule has 1 saturated carbocycles. The maximum atomic E-state index is 10.9. The molecule has 5 heteroatoms. The summed E-state index contributed by atoms with van der Waals surface area (Å²) in [6.45, 7) is 4.26. The van der Waals surface area contributed by atoms with Crippen LogP contribution in [0, 0.1) is 15.5 Å². The molecule has 1 aromatic rings. The van der Waals surface area contributed by atoms with E-state index in [4.69, 9.17) is 4.74 Å². The fourth-order valence-corrected chi connectivity index (χ4v) is 3.22. The maximum absolute atomic E-state index is 10.9. The molecule has 2 rings (SSSR count). The molecule has 18 heavy (non-hydrogen) atoms. The van der Waals surface area contributed by atoms with Crippen molar-refractivity contribution in [2.24, 2.45) is 5.41 Å². The number of rotatable bonds is 4. The number of alkyl halides is 1. The number of benzene rings is 1. The van der Waals surface area contributed by atoms with Crippen molar-refractivity contribution < 1.29 is 9.66 Å². The summed E-state index contributed by atoms with van der Waals surface area (Å²) < 4.78 is 5.85. The van der Waals surface area contributed by atoms with Crippen LogP contribution >= 0.6 is 15.9 Å². The van der Waals surface area contributed by atoms with E-state index < -0.39 is 4.92 Å². The van der Waals surface area contributed by atoms with Crippen LogP contribution < -0.4 is 4.74 Å². The molecular weight excluding hydrogens is 298 g/mol. The summed E-state index contributed by atoms with van der Waals surface area (Å²) in [5, 5.41) is 10.9. The van der Waals surface area contributed by atoms with Gasteiger partial charge in [0, 0.05) is 16.3 Å². The molecule has 0 amide bonds. The molecule has 0 radical (unpaired) electrons. The van der Waals surface area contributed by atoms with Crippen LogP contribution in [-0.2, 0) is 0 Å². The fraction of sp³-hybridized carbons (Fsp3) is 0.538. The van der Waals surface area contributed by atoms with Crippen molar-refractivity contribution >= 4 is 21.6 Å². The van der Waals surface area contributed by atoms with Crippen molar-refractivity contribution in [3.05, 3.63) is 34.4 Å². The lowest BCUT2D eigenvalue weighted by Crippen LogP contribution is -2.54. The topological polar surface area (TPSA) is 52.4 Å². The first kappa shape index (κ1) is 13.3. The Labute approximate surface area is 115 Å². The van der Waals surface area contributed by atoms with Gasteiger partial charge in [0.05, 0.1) is 4.92 Å². The van der Waals surface area contributed by atoms with Gasteiger partial charge in [-0.3, -0.25) is 10.1 Å². The molecule has 1 fully saturated rings. The normalized spacial score (nSPS) is 30.6. The Morgan fingerprint density at radius 1 is 1.56 bits per heavy atom. The van der Waals surface area contributed by atoms with Gasteiger partial charge in [0.2, 0.25) is 0 Å². The van der Waals surface area contributed by atoms with Gasteiger partial charge in [-0.25, -0.2) is 0 Å². The third kappa shape index (κ3) is 2.11.